The molecule has 0 saturated heterocycles. The van der Waals surface area contributed by atoms with Gasteiger partial charge in [0.15, 0.2) is 23.8 Å². The Balaban J connectivity index is 1.36. The molecular weight excluding hydrogens is 428 g/mol. The highest BCUT2D eigenvalue weighted by molar-refractivity contribution is 7.13. The molecule has 0 N–H and O–H groups in total. The molecule has 1 aliphatic rings. The van der Waals surface area contributed by atoms with Crippen LogP contribution in [-0.4, -0.2) is 49.1 Å². The first-order valence-corrected chi connectivity index (χ1v) is 11.1. The van der Waals surface area contributed by atoms with E-state index in [0.717, 1.165) is 27.3 Å². The van der Waals surface area contributed by atoms with E-state index in [1.807, 2.05) is 43.3 Å². The Morgan fingerprint density at radius 2 is 1.75 bits per heavy atom. The quantitative estimate of drug-likeness (QED) is 0.528. The molecule has 0 fully saturated rings. The van der Waals surface area contributed by atoms with E-state index in [1.165, 1.54) is 11.3 Å². The second kappa shape index (κ2) is 9.40. The van der Waals surface area contributed by atoms with E-state index in [4.69, 9.17) is 14.2 Å². The second-order valence-corrected chi connectivity index (χ2v) is 8.38. The maximum absolute atomic E-state index is 12.7. The number of ether oxygens (including phenoxy) is 3. The van der Waals surface area contributed by atoms with E-state index in [9.17, 15) is 9.59 Å². The summed E-state index contributed by atoms with van der Waals surface area (Å²) in [5.41, 5.74) is 4.42. The highest BCUT2D eigenvalue weighted by Crippen LogP contribution is 2.33. The van der Waals surface area contributed by atoms with Gasteiger partial charge in [-0.05, 0) is 36.6 Å². The lowest BCUT2D eigenvalue weighted by atomic mass is 9.99. The highest BCUT2D eigenvalue weighted by Gasteiger charge is 2.24. The molecule has 1 aliphatic heterocycles. The van der Waals surface area contributed by atoms with Crippen LogP contribution in [0.5, 0.6) is 11.5 Å². The van der Waals surface area contributed by atoms with Crippen LogP contribution in [0.1, 0.15) is 27.2 Å². The van der Waals surface area contributed by atoms with Gasteiger partial charge in [0.05, 0.1) is 14.2 Å². The van der Waals surface area contributed by atoms with E-state index in [1.54, 1.807) is 24.5 Å². The molecular formula is C24H24N2O5S. The van der Waals surface area contributed by atoms with Crippen molar-refractivity contribution in [3.8, 4) is 22.1 Å². The van der Waals surface area contributed by atoms with Crippen molar-refractivity contribution in [2.45, 2.75) is 19.9 Å². The Morgan fingerprint density at radius 1 is 1.06 bits per heavy atom. The number of hydrogen-bond acceptors (Lipinski definition) is 7. The van der Waals surface area contributed by atoms with Crippen LogP contribution in [0.25, 0.3) is 10.6 Å². The molecule has 0 unspecified atom stereocenters. The summed E-state index contributed by atoms with van der Waals surface area (Å²) >= 11 is 1.37. The molecule has 0 spiro atoms. The van der Waals surface area contributed by atoms with Gasteiger partial charge in [0.1, 0.15) is 5.01 Å². The van der Waals surface area contributed by atoms with Crippen molar-refractivity contribution >= 4 is 23.2 Å². The van der Waals surface area contributed by atoms with E-state index in [0.29, 0.717) is 31.0 Å². The number of fused-ring (bicyclic) bond motifs is 1. The summed E-state index contributed by atoms with van der Waals surface area (Å²) in [7, 11) is 3.18. The fourth-order valence-corrected chi connectivity index (χ4v) is 4.38. The fraction of sp³-hybridized carbons (Fsp3) is 0.292. The van der Waals surface area contributed by atoms with Gasteiger partial charge in [-0.2, -0.15) is 0 Å². The molecule has 32 heavy (non-hydrogen) atoms. The molecule has 8 heteroatoms. The average Bonchev–Trinajstić information content (AvgIpc) is 3.31. The number of amides is 1. The van der Waals surface area contributed by atoms with E-state index < -0.39 is 5.97 Å². The van der Waals surface area contributed by atoms with Crippen LogP contribution < -0.4 is 9.47 Å². The van der Waals surface area contributed by atoms with Crippen LogP contribution in [-0.2, 0) is 22.5 Å². The number of nitrogens with zero attached hydrogens (tertiary/aromatic N) is 2. The zero-order valence-corrected chi connectivity index (χ0v) is 19.0. The Kier molecular flexibility index (Phi) is 6.41. The molecule has 166 valence electrons. The minimum Gasteiger partial charge on any atom is -0.493 e. The van der Waals surface area contributed by atoms with Crippen molar-refractivity contribution < 1.29 is 23.8 Å². The number of carbonyl (C=O) groups is 2. The largest absolute Gasteiger partial charge is 0.493 e. The molecule has 2 heterocycles. The topological polar surface area (TPSA) is 78.0 Å². The highest BCUT2D eigenvalue weighted by atomic mass is 32.1. The third kappa shape index (κ3) is 4.60. The molecule has 0 radical (unpaired) electrons. The average molecular weight is 453 g/mol. The van der Waals surface area contributed by atoms with Gasteiger partial charge >= 0.3 is 5.97 Å². The lowest BCUT2D eigenvalue weighted by molar-refractivity contribution is -0.135. The Morgan fingerprint density at radius 3 is 2.44 bits per heavy atom. The van der Waals surface area contributed by atoms with E-state index in [-0.39, 0.29) is 18.2 Å². The third-order valence-corrected chi connectivity index (χ3v) is 6.30. The van der Waals surface area contributed by atoms with Gasteiger partial charge in [0.25, 0.3) is 5.91 Å². The zero-order valence-electron chi connectivity index (χ0n) is 18.2. The van der Waals surface area contributed by atoms with Crippen LogP contribution in [0.15, 0.2) is 41.8 Å². The molecule has 1 aromatic heterocycles. The van der Waals surface area contributed by atoms with Gasteiger partial charge in [-0.3, -0.25) is 4.79 Å². The summed E-state index contributed by atoms with van der Waals surface area (Å²) < 4.78 is 16.0. The molecule has 4 rings (SSSR count). The summed E-state index contributed by atoms with van der Waals surface area (Å²) in [5.74, 6) is 0.456. The number of aromatic nitrogens is 1. The number of carbonyl (C=O) groups excluding carboxylic acids is 2. The first kappa shape index (κ1) is 21.8. The maximum Gasteiger partial charge on any atom is 0.358 e. The summed E-state index contributed by atoms with van der Waals surface area (Å²) in [6.45, 7) is 2.67. The standard InChI is InChI=1S/C24H24N2O5S/c1-15-4-6-16(7-5-15)23-25-19(14-32-23)24(28)31-13-22(27)26-9-8-17-10-20(29-2)21(30-3)11-18(17)12-26/h4-7,10-11,14H,8-9,12-13H2,1-3H3. The number of benzene rings is 2. The molecule has 0 bridgehead atoms. The maximum atomic E-state index is 12.7. The van der Waals surface area contributed by atoms with Gasteiger partial charge < -0.3 is 19.1 Å². The first-order valence-electron chi connectivity index (χ1n) is 10.2. The van der Waals surface area contributed by atoms with Crippen LogP contribution in [0.3, 0.4) is 0 Å². The van der Waals surface area contributed by atoms with Crippen molar-refractivity contribution in [1.82, 2.24) is 9.88 Å². The first-order chi connectivity index (χ1) is 15.5. The van der Waals surface area contributed by atoms with Crippen LogP contribution in [0.4, 0.5) is 0 Å². The van der Waals surface area contributed by atoms with Crippen molar-refractivity contribution in [3.05, 3.63) is 64.2 Å². The number of thiazole rings is 1. The van der Waals surface area contributed by atoms with E-state index in [2.05, 4.69) is 4.98 Å². The van der Waals surface area contributed by atoms with Gasteiger partial charge in [-0.1, -0.05) is 29.8 Å². The number of aryl methyl sites for hydroxylation is 1. The van der Waals surface area contributed by atoms with Gasteiger partial charge in [0.2, 0.25) is 0 Å². The Bertz CT molecular complexity index is 1140. The Hall–Kier alpha value is -3.39. The molecule has 2 aromatic carbocycles. The Labute approximate surface area is 190 Å². The van der Waals surface area contributed by atoms with Gasteiger partial charge in [-0.15, -0.1) is 11.3 Å². The summed E-state index contributed by atoms with van der Waals surface area (Å²) in [4.78, 5) is 31.1. The van der Waals surface area contributed by atoms with Crippen molar-refractivity contribution in [2.24, 2.45) is 0 Å². The third-order valence-electron chi connectivity index (χ3n) is 5.41. The smallest absolute Gasteiger partial charge is 0.358 e. The van der Waals surface area contributed by atoms with Crippen LogP contribution in [0, 0.1) is 6.92 Å². The molecule has 0 aliphatic carbocycles. The van der Waals surface area contributed by atoms with Gasteiger partial charge in [-0.25, -0.2) is 9.78 Å². The fourth-order valence-electron chi connectivity index (χ4n) is 3.58. The molecule has 3 aromatic rings. The normalized spacial score (nSPS) is 12.8. The lowest BCUT2D eigenvalue weighted by Gasteiger charge is -2.29. The lowest BCUT2D eigenvalue weighted by Crippen LogP contribution is -2.38. The molecule has 7 nitrogen and oxygen atoms in total. The van der Waals surface area contributed by atoms with Crippen LogP contribution in [0.2, 0.25) is 0 Å². The predicted octanol–water partition coefficient (Wildman–Crippen LogP) is 3.88. The summed E-state index contributed by atoms with van der Waals surface area (Å²) in [6, 6.07) is 11.8. The molecule has 0 atom stereocenters. The number of rotatable bonds is 6. The van der Waals surface area contributed by atoms with Crippen molar-refractivity contribution in [2.75, 3.05) is 27.4 Å². The SMILES string of the molecule is COc1cc2c(cc1OC)CN(C(=O)COC(=O)c1csc(-c3ccc(C)cc3)n1)CC2. The van der Waals surface area contributed by atoms with Gasteiger partial charge in [0, 0.05) is 24.0 Å². The second-order valence-electron chi connectivity index (χ2n) is 7.52. The summed E-state index contributed by atoms with van der Waals surface area (Å²) in [6.07, 6.45) is 0.696. The molecule has 0 saturated carbocycles. The number of esters is 1. The minimum atomic E-state index is -0.600. The predicted molar refractivity (Wildman–Crippen MR) is 121 cm³/mol. The van der Waals surface area contributed by atoms with Crippen molar-refractivity contribution in [3.63, 3.8) is 0 Å². The molecule has 1 amide bonds. The van der Waals surface area contributed by atoms with Crippen LogP contribution >= 0.6 is 11.3 Å². The van der Waals surface area contributed by atoms with Crippen molar-refractivity contribution in [1.29, 1.82) is 0 Å². The monoisotopic (exact) mass is 452 g/mol. The zero-order chi connectivity index (χ0) is 22.7. The summed E-state index contributed by atoms with van der Waals surface area (Å²) in [5, 5.41) is 2.39. The van der Waals surface area contributed by atoms with E-state index >= 15 is 0 Å². The number of methoxy groups -OCH3 is 2. The minimum absolute atomic E-state index is 0.208. The number of hydrogen-bond donors (Lipinski definition) is 0.